The van der Waals surface area contributed by atoms with Crippen molar-refractivity contribution >= 4 is 35.6 Å². The summed E-state index contributed by atoms with van der Waals surface area (Å²) in [6.07, 6.45) is 2.51. The summed E-state index contributed by atoms with van der Waals surface area (Å²) in [5, 5.41) is 20.6. The zero-order chi connectivity index (χ0) is 19.8. The van der Waals surface area contributed by atoms with Crippen molar-refractivity contribution in [3.8, 4) is 5.75 Å². The standard InChI is InChI=1S/C16H20F2N6O3.HI/c1-11-3-4-14(27-15(17)18)12(7-11)8-21-16(19-2)20-5-6-23-10-13(9-22-23)24(25)26;/h3-4,7,9-10,15H,5-6,8H2,1-2H3,(H2,19,20,21);1H. The summed E-state index contributed by atoms with van der Waals surface area (Å²) >= 11 is 0. The highest BCUT2D eigenvalue weighted by Gasteiger charge is 2.11. The minimum Gasteiger partial charge on any atom is -0.434 e. The molecular formula is C16H21F2IN6O3. The SMILES string of the molecule is CN=C(NCCn1cc([N+](=O)[O-])cn1)NCc1cc(C)ccc1OC(F)F.I. The van der Waals surface area contributed by atoms with Crippen LogP contribution in [0.2, 0.25) is 0 Å². The maximum atomic E-state index is 12.5. The highest BCUT2D eigenvalue weighted by molar-refractivity contribution is 14.0. The van der Waals surface area contributed by atoms with Gasteiger partial charge in [0.25, 0.3) is 0 Å². The van der Waals surface area contributed by atoms with Gasteiger partial charge in [-0.15, -0.1) is 24.0 Å². The van der Waals surface area contributed by atoms with Crippen molar-refractivity contribution < 1.29 is 18.4 Å². The molecule has 0 amide bonds. The minimum atomic E-state index is -2.90. The smallest absolute Gasteiger partial charge is 0.387 e. The summed E-state index contributed by atoms with van der Waals surface area (Å²) < 4.78 is 31.0. The van der Waals surface area contributed by atoms with Crippen LogP contribution in [-0.4, -0.2) is 40.9 Å². The predicted molar refractivity (Wildman–Crippen MR) is 110 cm³/mol. The molecule has 1 heterocycles. The van der Waals surface area contributed by atoms with Crippen LogP contribution in [0.15, 0.2) is 35.6 Å². The van der Waals surface area contributed by atoms with E-state index in [0.717, 1.165) is 5.56 Å². The first kappa shape index (κ1) is 23.5. The number of guanidine groups is 1. The van der Waals surface area contributed by atoms with Gasteiger partial charge in [0, 0.05) is 25.7 Å². The Morgan fingerprint density at radius 2 is 2.18 bits per heavy atom. The zero-order valence-electron chi connectivity index (χ0n) is 15.3. The summed E-state index contributed by atoms with van der Waals surface area (Å²) in [4.78, 5) is 14.2. The molecule has 0 spiro atoms. The summed E-state index contributed by atoms with van der Waals surface area (Å²) in [7, 11) is 1.57. The average Bonchev–Trinajstić information content (AvgIpc) is 3.09. The molecule has 1 aromatic heterocycles. The average molecular weight is 510 g/mol. The lowest BCUT2D eigenvalue weighted by atomic mass is 10.1. The summed E-state index contributed by atoms with van der Waals surface area (Å²) in [6.45, 7) is -0.0179. The number of aryl methyl sites for hydroxylation is 1. The Bertz CT molecular complexity index is 815. The predicted octanol–water partition coefficient (Wildman–Crippen LogP) is 2.68. The highest BCUT2D eigenvalue weighted by atomic mass is 127. The van der Waals surface area contributed by atoms with E-state index in [0.29, 0.717) is 24.6 Å². The molecular weight excluding hydrogens is 489 g/mol. The molecule has 154 valence electrons. The second-order valence-corrected chi connectivity index (χ2v) is 5.56. The molecule has 0 bridgehead atoms. The number of rotatable bonds is 8. The van der Waals surface area contributed by atoms with Gasteiger partial charge < -0.3 is 15.4 Å². The Balaban J connectivity index is 0.00000392. The summed E-state index contributed by atoms with van der Waals surface area (Å²) in [5.41, 5.74) is 1.40. The number of aliphatic imine (C=N–C) groups is 1. The van der Waals surface area contributed by atoms with Crippen molar-refractivity contribution in [2.24, 2.45) is 4.99 Å². The van der Waals surface area contributed by atoms with Gasteiger partial charge in [-0.2, -0.15) is 13.9 Å². The van der Waals surface area contributed by atoms with Gasteiger partial charge in [0.15, 0.2) is 5.96 Å². The van der Waals surface area contributed by atoms with E-state index < -0.39 is 11.5 Å². The van der Waals surface area contributed by atoms with Crippen LogP contribution in [0.4, 0.5) is 14.5 Å². The van der Waals surface area contributed by atoms with Crippen molar-refractivity contribution in [2.75, 3.05) is 13.6 Å². The van der Waals surface area contributed by atoms with E-state index in [2.05, 4.69) is 25.5 Å². The number of ether oxygens (including phenoxy) is 1. The van der Waals surface area contributed by atoms with Crippen LogP contribution >= 0.6 is 24.0 Å². The number of hydrogen-bond donors (Lipinski definition) is 2. The van der Waals surface area contributed by atoms with Gasteiger partial charge in [0.2, 0.25) is 0 Å². The fourth-order valence-electron chi connectivity index (χ4n) is 2.31. The number of halogens is 3. The fourth-order valence-corrected chi connectivity index (χ4v) is 2.31. The molecule has 2 N–H and O–H groups in total. The Kier molecular flexibility index (Phi) is 9.55. The normalized spacial score (nSPS) is 11.1. The topological polar surface area (TPSA) is 107 Å². The monoisotopic (exact) mass is 510 g/mol. The van der Waals surface area contributed by atoms with Crippen LogP contribution < -0.4 is 15.4 Å². The molecule has 0 radical (unpaired) electrons. The van der Waals surface area contributed by atoms with Crippen molar-refractivity contribution in [1.29, 1.82) is 0 Å². The summed E-state index contributed by atoms with van der Waals surface area (Å²) in [5.74, 6) is 0.545. The molecule has 0 atom stereocenters. The fraction of sp³-hybridized carbons (Fsp3) is 0.375. The molecule has 0 saturated heterocycles. The van der Waals surface area contributed by atoms with E-state index in [-0.39, 0.29) is 42.0 Å². The Morgan fingerprint density at radius 1 is 1.43 bits per heavy atom. The lowest BCUT2D eigenvalue weighted by Crippen LogP contribution is -2.38. The highest BCUT2D eigenvalue weighted by Crippen LogP contribution is 2.21. The molecule has 0 unspecified atom stereocenters. The van der Waals surface area contributed by atoms with Crippen LogP contribution in [0, 0.1) is 17.0 Å². The molecule has 9 nitrogen and oxygen atoms in total. The molecule has 2 aromatic rings. The molecule has 0 saturated carbocycles. The second-order valence-electron chi connectivity index (χ2n) is 5.56. The zero-order valence-corrected chi connectivity index (χ0v) is 17.6. The lowest BCUT2D eigenvalue weighted by molar-refractivity contribution is -0.385. The van der Waals surface area contributed by atoms with Crippen LogP contribution in [0.5, 0.6) is 5.75 Å². The van der Waals surface area contributed by atoms with E-state index in [9.17, 15) is 18.9 Å². The Labute approximate surface area is 177 Å². The molecule has 0 aliphatic rings. The largest absolute Gasteiger partial charge is 0.434 e. The third kappa shape index (κ3) is 7.25. The molecule has 0 fully saturated rings. The Hall–Kier alpha value is -2.51. The first-order valence-electron chi connectivity index (χ1n) is 8.04. The number of aromatic nitrogens is 2. The van der Waals surface area contributed by atoms with Gasteiger partial charge in [-0.3, -0.25) is 19.8 Å². The van der Waals surface area contributed by atoms with E-state index >= 15 is 0 Å². The molecule has 2 rings (SSSR count). The van der Waals surface area contributed by atoms with Crippen LogP contribution in [0.1, 0.15) is 11.1 Å². The lowest BCUT2D eigenvalue weighted by Gasteiger charge is -2.15. The van der Waals surface area contributed by atoms with Crippen molar-refractivity contribution in [1.82, 2.24) is 20.4 Å². The van der Waals surface area contributed by atoms with E-state index in [1.54, 1.807) is 19.2 Å². The third-order valence-corrected chi connectivity index (χ3v) is 3.57. The number of benzene rings is 1. The second kappa shape index (κ2) is 11.4. The van der Waals surface area contributed by atoms with Crippen molar-refractivity contribution in [3.05, 3.63) is 51.8 Å². The van der Waals surface area contributed by atoms with Gasteiger partial charge in [0.1, 0.15) is 18.1 Å². The number of hydrogen-bond acceptors (Lipinski definition) is 5. The van der Waals surface area contributed by atoms with E-state index in [1.165, 1.54) is 23.1 Å². The number of alkyl halides is 2. The van der Waals surface area contributed by atoms with Gasteiger partial charge in [-0.1, -0.05) is 17.7 Å². The van der Waals surface area contributed by atoms with Gasteiger partial charge in [-0.05, 0) is 13.0 Å². The van der Waals surface area contributed by atoms with E-state index in [4.69, 9.17) is 0 Å². The third-order valence-electron chi connectivity index (χ3n) is 3.57. The maximum Gasteiger partial charge on any atom is 0.387 e. The van der Waals surface area contributed by atoms with Crippen LogP contribution in [0.25, 0.3) is 0 Å². The number of nitrogens with one attached hydrogen (secondary N) is 2. The summed E-state index contributed by atoms with van der Waals surface area (Å²) in [6, 6.07) is 4.94. The van der Waals surface area contributed by atoms with Crippen LogP contribution in [-0.2, 0) is 13.1 Å². The van der Waals surface area contributed by atoms with Gasteiger partial charge in [-0.25, -0.2) is 0 Å². The van der Waals surface area contributed by atoms with Gasteiger partial charge >= 0.3 is 12.3 Å². The molecule has 0 aliphatic heterocycles. The van der Waals surface area contributed by atoms with Crippen molar-refractivity contribution in [3.63, 3.8) is 0 Å². The first-order valence-corrected chi connectivity index (χ1v) is 8.04. The molecule has 28 heavy (non-hydrogen) atoms. The maximum absolute atomic E-state index is 12.5. The van der Waals surface area contributed by atoms with E-state index in [1.807, 2.05) is 6.92 Å². The molecule has 0 aliphatic carbocycles. The quantitative estimate of drug-likeness (QED) is 0.186. The molecule has 1 aromatic carbocycles. The Morgan fingerprint density at radius 3 is 2.79 bits per heavy atom. The van der Waals surface area contributed by atoms with Crippen molar-refractivity contribution in [2.45, 2.75) is 26.6 Å². The van der Waals surface area contributed by atoms with Crippen LogP contribution in [0.3, 0.4) is 0 Å². The molecule has 12 heteroatoms. The number of nitro groups is 1. The van der Waals surface area contributed by atoms with Gasteiger partial charge in [0.05, 0.1) is 11.5 Å². The first-order chi connectivity index (χ1) is 12.9. The number of nitrogens with zero attached hydrogens (tertiary/aromatic N) is 4. The minimum absolute atomic E-state index is 0.